The molecule has 3 heteroatoms. The molecule has 0 unspecified atom stereocenters. The molecular formula is C9H7O2S. The van der Waals surface area contributed by atoms with Crippen molar-refractivity contribution in [2.24, 2.45) is 0 Å². The highest BCUT2D eigenvalue weighted by atomic mass is 32.2. The van der Waals surface area contributed by atoms with Crippen LogP contribution in [0.15, 0.2) is 34.1 Å². The molecule has 0 atom stereocenters. The highest BCUT2D eigenvalue weighted by Crippen LogP contribution is 2.31. The first-order chi connectivity index (χ1) is 5.62. The van der Waals surface area contributed by atoms with Crippen molar-refractivity contribution in [1.29, 1.82) is 0 Å². The van der Waals surface area contributed by atoms with Gasteiger partial charge in [-0.25, -0.2) is 8.42 Å². The summed E-state index contributed by atoms with van der Waals surface area (Å²) < 4.78 is 22.9. The highest BCUT2D eigenvalue weighted by molar-refractivity contribution is 7.96. The van der Waals surface area contributed by atoms with Gasteiger partial charge in [-0.05, 0) is 24.6 Å². The maximum Gasteiger partial charge on any atom is 0.203 e. The molecule has 0 aliphatic carbocycles. The summed E-state index contributed by atoms with van der Waals surface area (Å²) in [5.74, 6) is 0. The standard InChI is InChI=1S/C9H7O2S/c1-7-6-8-4-2-3-5-9(8)12(7,10)11/h2-6H,1H2. The number of sulfone groups is 1. The summed E-state index contributed by atoms with van der Waals surface area (Å²) in [6.07, 6.45) is 1.59. The third kappa shape index (κ3) is 0.830. The van der Waals surface area contributed by atoms with Gasteiger partial charge < -0.3 is 0 Å². The lowest BCUT2D eigenvalue weighted by Gasteiger charge is -1.96. The van der Waals surface area contributed by atoms with Gasteiger partial charge in [0.25, 0.3) is 0 Å². The maximum atomic E-state index is 11.5. The van der Waals surface area contributed by atoms with Crippen LogP contribution in [0.3, 0.4) is 0 Å². The van der Waals surface area contributed by atoms with Crippen LogP contribution in [0.4, 0.5) is 0 Å². The Kier molecular flexibility index (Phi) is 1.38. The summed E-state index contributed by atoms with van der Waals surface area (Å²) in [4.78, 5) is 0.554. The number of benzene rings is 1. The molecule has 1 aliphatic heterocycles. The molecule has 61 valence electrons. The lowest BCUT2D eigenvalue weighted by atomic mass is 10.2. The Morgan fingerprint density at radius 1 is 1.17 bits per heavy atom. The molecular weight excluding hydrogens is 172 g/mol. The van der Waals surface area contributed by atoms with Crippen molar-refractivity contribution >= 4 is 15.9 Å². The van der Waals surface area contributed by atoms with Crippen LogP contribution in [0, 0.1) is 6.92 Å². The van der Waals surface area contributed by atoms with Gasteiger partial charge in [0.2, 0.25) is 9.84 Å². The molecule has 0 saturated carbocycles. The lowest BCUT2D eigenvalue weighted by Crippen LogP contribution is -1.97. The molecule has 12 heavy (non-hydrogen) atoms. The van der Waals surface area contributed by atoms with Gasteiger partial charge in [0.15, 0.2) is 0 Å². The molecule has 0 saturated heterocycles. The van der Waals surface area contributed by atoms with E-state index in [1.165, 1.54) is 0 Å². The van der Waals surface area contributed by atoms with Gasteiger partial charge in [-0.1, -0.05) is 18.2 Å². The maximum absolute atomic E-state index is 11.5. The predicted octanol–water partition coefficient (Wildman–Crippen LogP) is 1.65. The van der Waals surface area contributed by atoms with Crippen LogP contribution in [0.2, 0.25) is 0 Å². The molecule has 0 bridgehead atoms. The molecule has 1 aromatic rings. The number of hydrogen-bond donors (Lipinski definition) is 0. The van der Waals surface area contributed by atoms with E-state index in [4.69, 9.17) is 0 Å². The molecule has 0 amide bonds. The van der Waals surface area contributed by atoms with Crippen LogP contribution in [-0.2, 0) is 9.84 Å². The minimum atomic E-state index is -3.23. The van der Waals surface area contributed by atoms with Crippen molar-refractivity contribution in [1.82, 2.24) is 0 Å². The van der Waals surface area contributed by atoms with E-state index in [1.807, 2.05) is 6.07 Å². The van der Waals surface area contributed by atoms with Crippen LogP contribution < -0.4 is 0 Å². The first-order valence-electron chi connectivity index (χ1n) is 3.50. The average Bonchev–Trinajstić information content (AvgIpc) is 2.25. The zero-order valence-electron chi connectivity index (χ0n) is 6.32. The van der Waals surface area contributed by atoms with Crippen LogP contribution in [0.25, 0.3) is 6.08 Å². The topological polar surface area (TPSA) is 34.1 Å². The van der Waals surface area contributed by atoms with Crippen molar-refractivity contribution in [2.75, 3.05) is 0 Å². The molecule has 1 radical (unpaired) electrons. The van der Waals surface area contributed by atoms with E-state index >= 15 is 0 Å². The van der Waals surface area contributed by atoms with Gasteiger partial charge in [-0.2, -0.15) is 0 Å². The molecule has 0 N–H and O–H groups in total. The Morgan fingerprint density at radius 3 is 2.50 bits per heavy atom. The molecule has 0 spiro atoms. The number of fused-ring (bicyclic) bond motifs is 1. The Labute approximate surface area is 71.5 Å². The summed E-state index contributed by atoms with van der Waals surface area (Å²) in [5, 5.41) is 0. The molecule has 2 nitrogen and oxygen atoms in total. The van der Waals surface area contributed by atoms with E-state index in [0.29, 0.717) is 4.90 Å². The number of rotatable bonds is 0. The first-order valence-corrected chi connectivity index (χ1v) is 4.98. The molecule has 0 aromatic heterocycles. The van der Waals surface area contributed by atoms with E-state index < -0.39 is 9.84 Å². The Morgan fingerprint density at radius 2 is 1.83 bits per heavy atom. The van der Waals surface area contributed by atoms with E-state index in [0.717, 1.165) is 5.56 Å². The van der Waals surface area contributed by atoms with Gasteiger partial charge in [0.1, 0.15) is 0 Å². The van der Waals surface area contributed by atoms with Crippen LogP contribution in [0.5, 0.6) is 0 Å². The summed E-state index contributed by atoms with van der Waals surface area (Å²) in [6.45, 7) is 3.48. The third-order valence-electron chi connectivity index (χ3n) is 1.87. The minimum absolute atomic E-state index is 0.184. The summed E-state index contributed by atoms with van der Waals surface area (Å²) in [7, 11) is -3.23. The SMILES string of the molecule is [CH2]C1=Cc2ccccc2S1(=O)=O. The number of allylic oxidation sites excluding steroid dienone is 1. The lowest BCUT2D eigenvalue weighted by molar-refractivity contribution is 0.604. The van der Waals surface area contributed by atoms with Crippen molar-refractivity contribution in [3.8, 4) is 0 Å². The van der Waals surface area contributed by atoms with Gasteiger partial charge in [-0.3, -0.25) is 0 Å². The normalized spacial score (nSPS) is 18.6. The zero-order chi connectivity index (χ0) is 8.77. The molecule has 1 aromatic carbocycles. The first kappa shape index (κ1) is 7.55. The second-order valence-corrected chi connectivity index (χ2v) is 4.62. The summed E-state index contributed by atoms with van der Waals surface area (Å²) in [6, 6.07) is 6.89. The third-order valence-corrected chi connectivity index (χ3v) is 3.63. The largest absolute Gasteiger partial charge is 0.219 e. The monoisotopic (exact) mass is 179 g/mol. The smallest absolute Gasteiger partial charge is 0.203 e. The fourth-order valence-corrected chi connectivity index (χ4v) is 2.50. The van der Waals surface area contributed by atoms with Crippen LogP contribution >= 0.6 is 0 Å². The Hall–Kier alpha value is -1.09. The highest BCUT2D eigenvalue weighted by Gasteiger charge is 2.25. The van der Waals surface area contributed by atoms with Gasteiger partial charge in [0.05, 0.1) is 9.80 Å². The van der Waals surface area contributed by atoms with E-state index in [-0.39, 0.29) is 4.91 Å². The fraction of sp³-hybridized carbons (Fsp3) is 0. The molecule has 2 rings (SSSR count). The molecule has 0 fully saturated rings. The van der Waals surface area contributed by atoms with Crippen molar-refractivity contribution < 1.29 is 8.42 Å². The Balaban J connectivity index is 2.83. The molecule has 1 aliphatic rings. The van der Waals surface area contributed by atoms with Gasteiger partial charge >= 0.3 is 0 Å². The molecule has 1 heterocycles. The second-order valence-electron chi connectivity index (χ2n) is 2.65. The van der Waals surface area contributed by atoms with E-state index in [9.17, 15) is 8.42 Å². The van der Waals surface area contributed by atoms with Crippen LogP contribution in [-0.4, -0.2) is 8.42 Å². The minimum Gasteiger partial charge on any atom is -0.219 e. The predicted molar refractivity (Wildman–Crippen MR) is 47.0 cm³/mol. The summed E-state index contributed by atoms with van der Waals surface area (Å²) in [5.41, 5.74) is 0.738. The average molecular weight is 179 g/mol. The van der Waals surface area contributed by atoms with E-state index in [1.54, 1.807) is 24.3 Å². The van der Waals surface area contributed by atoms with Gasteiger partial charge in [0, 0.05) is 0 Å². The second kappa shape index (κ2) is 2.20. The quantitative estimate of drug-likeness (QED) is 0.606. The Bertz CT molecular complexity index is 455. The summed E-state index contributed by atoms with van der Waals surface area (Å²) >= 11 is 0. The van der Waals surface area contributed by atoms with Crippen LogP contribution in [0.1, 0.15) is 5.56 Å². The fourth-order valence-electron chi connectivity index (χ4n) is 1.24. The number of hydrogen-bond acceptors (Lipinski definition) is 2. The van der Waals surface area contributed by atoms with Crippen molar-refractivity contribution in [2.45, 2.75) is 4.90 Å². The van der Waals surface area contributed by atoms with Gasteiger partial charge in [-0.15, -0.1) is 0 Å². The zero-order valence-corrected chi connectivity index (χ0v) is 7.14. The van der Waals surface area contributed by atoms with Crippen molar-refractivity contribution in [3.63, 3.8) is 0 Å². The van der Waals surface area contributed by atoms with Crippen molar-refractivity contribution in [3.05, 3.63) is 41.7 Å². The van der Waals surface area contributed by atoms with E-state index in [2.05, 4.69) is 6.92 Å².